The molecule has 2 amide bonds. The number of aryl methyl sites for hydroxylation is 2. The van der Waals surface area contributed by atoms with Gasteiger partial charge in [-0.1, -0.05) is 36.4 Å². The van der Waals surface area contributed by atoms with Crippen molar-refractivity contribution in [1.82, 2.24) is 20.2 Å². The molecule has 220 valence electrons. The van der Waals surface area contributed by atoms with Crippen LogP contribution in [0.4, 0.5) is 0 Å². The maximum absolute atomic E-state index is 13.7. The number of H-pyrrole nitrogens is 1. The number of nitrogens with two attached hydrogens (primary N) is 2. The van der Waals surface area contributed by atoms with E-state index in [0.717, 1.165) is 63.9 Å². The molecule has 9 heteroatoms. The zero-order valence-electron chi connectivity index (χ0n) is 24.3. The van der Waals surface area contributed by atoms with Gasteiger partial charge >= 0.3 is 0 Å². The number of phenolic OH excluding ortho intramolecular Hbond substituents is 1. The standard InChI is InChI=1S/C33H40N6O3/c1-20-15-24(40)16-21(2)25(20)18-27(35)33(42)39-19-23-10-4-3-9-22(23)17-30(39)32(41)36-14-8-7-11-26(34)31-37-28-12-5-6-13-29(28)38-31/h3-6,9-10,12-13,15-16,26-27,30,40H,7-8,11,14,17-19,34-35H2,1-2H3,(H,36,41)(H,37,38). The van der Waals surface area contributed by atoms with Crippen LogP contribution >= 0.6 is 0 Å². The minimum Gasteiger partial charge on any atom is -0.508 e. The van der Waals surface area contributed by atoms with Crippen LogP contribution in [0.25, 0.3) is 11.0 Å². The highest BCUT2D eigenvalue weighted by molar-refractivity contribution is 5.90. The normalized spacial score (nSPS) is 16.2. The van der Waals surface area contributed by atoms with Crippen molar-refractivity contribution in [3.8, 4) is 5.75 Å². The van der Waals surface area contributed by atoms with Gasteiger partial charge in [-0.2, -0.15) is 0 Å². The highest BCUT2D eigenvalue weighted by atomic mass is 16.3. The molecule has 3 aromatic carbocycles. The van der Waals surface area contributed by atoms with Crippen molar-refractivity contribution in [2.24, 2.45) is 11.5 Å². The number of nitrogens with one attached hydrogen (secondary N) is 2. The molecule has 1 aliphatic rings. The molecule has 9 nitrogen and oxygen atoms in total. The third-order valence-corrected chi connectivity index (χ3v) is 8.26. The zero-order valence-corrected chi connectivity index (χ0v) is 24.3. The number of para-hydroxylation sites is 2. The van der Waals surface area contributed by atoms with Crippen LogP contribution in [0.1, 0.15) is 58.9 Å². The molecular weight excluding hydrogens is 528 g/mol. The summed E-state index contributed by atoms with van der Waals surface area (Å²) >= 11 is 0. The lowest BCUT2D eigenvalue weighted by atomic mass is 9.91. The average Bonchev–Trinajstić information content (AvgIpc) is 3.42. The molecule has 1 aromatic heterocycles. The number of phenols is 1. The van der Waals surface area contributed by atoms with Crippen LogP contribution in [-0.4, -0.2) is 50.4 Å². The van der Waals surface area contributed by atoms with Crippen LogP contribution < -0.4 is 16.8 Å². The molecule has 0 saturated carbocycles. The van der Waals surface area contributed by atoms with E-state index in [4.69, 9.17) is 11.5 Å². The van der Waals surface area contributed by atoms with Gasteiger partial charge in [-0.15, -0.1) is 0 Å². The molecule has 0 fully saturated rings. The summed E-state index contributed by atoms with van der Waals surface area (Å²) in [5.41, 5.74) is 19.5. The zero-order chi connectivity index (χ0) is 29.8. The van der Waals surface area contributed by atoms with Crippen LogP contribution in [0.5, 0.6) is 5.75 Å². The smallest absolute Gasteiger partial charge is 0.243 e. The number of aromatic nitrogens is 2. The lowest BCUT2D eigenvalue weighted by molar-refractivity contribution is -0.142. The number of fused-ring (bicyclic) bond motifs is 2. The molecule has 1 aliphatic heterocycles. The Balaban J connectivity index is 1.19. The van der Waals surface area contributed by atoms with Crippen molar-refractivity contribution >= 4 is 22.8 Å². The first kappa shape index (κ1) is 29.3. The Hall–Kier alpha value is -4.21. The SMILES string of the molecule is Cc1cc(O)cc(C)c1CC(N)C(=O)N1Cc2ccccc2CC1C(=O)NCCCCC(N)c1nc2ccccc2[nH]1. The minimum atomic E-state index is -0.813. The van der Waals surface area contributed by atoms with Crippen LogP contribution in [0.3, 0.4) is 0 Å². The minimum absolute atomic E-state index is 0.177. The maximum Gasteiger partial charge on any atom is 0.243 e. The highest BCUT2D eigenvalue weighted by Gasteiger charge is 2.36. The van der Waals surface area contributed by atoms with E-state index in [-0.39, 0.29) is 23.6 Å². The predicted octanol–water partition coefficient (Wildman–Crippen LogP) is 3.70. The van der Waals surface area contributed by atoms with Gasteiger partial charge in [0.1, 0.15) is 17.6 Å². The third-order valence-electron chi connectivity index (χ3n) is 8.26. The fraction of sp³-hybridized carbons (Fsp3) is 0.364. The number of unbranched alkanes of at least 4 members (excludes halogenated alkanes) is 1. The topological polar surface area (TPSA) is 150 Å². The van der Waals surface area contributed by atoms with E-state index >= 15 is 0 Å². The van der Waals surface area contributed by atoms with Crippen LogP contribution in [0.15, 0.2) is 60.7 Å². The molecule has 3 unspecified atom stereocenters. The van der Waals surface area contributed by atoms with Crippen LogP contribution in [-0.2, 0) is 29.0 Å². The monoisotopic (exact) mass is 568 g/mol. The average molecular weight is 569 g/mol. The summed E-state index contributed by atoms with van der Waals surface area (Å²) in [6.45, 7) is 4.62. The second-order valence-corrected chi connectivity index (χ2v) is 11.4. The molecule has 0 saturated heterocycles. The van der Waals surface area contributed by atoms with Crippen LogP contribution in [0, 0.1) is 13.8 Å². The number of benzene rings is 3. The molecule has 0 spiro atoms. The number of hydrogen-bond donors (Lipinski definition) is 5. The molecule has 5 rings (SSSR count). The Morgan fingerprint density at radius 1 is 1.05 bits per heavy atom. The molecule has 0 bridgehead atoms. The van der Waals surface area contributed by atoms with Gasteiger partial charge in [0.05, 0.1) is 23.1 Å². The molecule has 0 aliphatic carbocycles. The van der Waals surface area contributed by atoms with Gasteiger partial charge in [0.25, 0.3) is 0 Å². The lowest BCUT2D eigenvalue weighted by Gasteiger charge is -2.37. The number of nitrogens with zero attached hydrogens (tertiary/aromatic N) is 2. The number of carbonyl (C=O) groups is 2. The van der Waals surface area contributed by atoms with E-state index in [1.165, 1.54) is 0 Å². The number of imidazole rings is 1. The number of rotatable bonds is 10. The predicted molar refractivity (Wildman–Crippen MR) is 164 cm³/mol. The third kappa shape index (κ3) is 6.48. The maximum atomic E-state index is 13.7. The Labute approximate surface area is 246 Å². The van der Waals surface area contributed by atoms with Crippen molar-refractivity contribution in [3.05, 3.63) is 94.3 Å². The quantitative estimate of drug-likeness (QED) is 0.184. The Bertz CT molecular complexity index is 1530. The lowest BCUT2D eigenvalue weighted by Crippen LogP contribution is -2.56. The number of amides is 2. The van der Waals surface area contributed by atoms with E-state index in [2.05, 4.69) is 15.3 Å². The summed E-state index contributed by atoms with van der Waals surface area (Å²) in [6.07, 6.45) is 3.09. The van der Waals surface area contributed by atoms with E-state index in [9.17, 15) is 14.7 Å². The van der Waals surface area contributed by atoms with Gasteiger partial charge in [0.2, 0.25) is 11.8 Å². The Morgan fingerprint density at radius 2 is 1.74 bits per heavy atom. The summed E-state index contributed by atoms with van der Waals surface area (Å²) in [7, 11) is 0. The van der Waals surface area contributed by atoms with E-state index in [1.54, 1.807) is 17.0 Å². The number of carbonyl (C=O) groups excluding carboxylic acids is 2. The summed E-state index contributed by atoms with van der Waals surface area (Å²) < 4.78 is 0. The van der Waals surface area contributed by atoms with Gasteiger partial charge < -0.3 is 31.8 Å². The fourth-order valence-electron chi connectivity index (χ4n) is 5.91. The summed E-state index contributed by atoms with van der Waals surface area (Å²) in [6, 6.07) is 17.5. The molecular formula is C33H40N6O3. The summed E-state index contributed by atoms with van der Waals surface area (Å²) in [4.78, 5) is 36.7. The molecule has 0 radical (unpaired) electrons. The highest BCUT2D eigenvalue weighted by Crippen LogP contribution is 2.26. The van der Waals surface area contributed by atoms with Gasteiger partial charge in [0, 0.05) is 19.5 Å². The summed E-state index contributed by atoms with van der Waals surface area (Å²) in [5.74, 6) is 0.524. The Morgan fingerprint density at radius 3 is 2.48 bits per heavy atom. The molecule has 7 N–H and O–H groups in total. The van der Waals surface area contributed by atoms with Gasteiger partial charge in [-0.05, 0) is 91.6 Å². The van der Waals surface area contributed by atoms with Gasteiger partial charge in [0.15, 0.2) is 0 Å². The second kappa shape index (κ2) is 12.8. The summed E-state index contributed by atoms with van der Waals surface area (Å²) in [5, 5.41) is 13.0. The van der Waals surface area contributed by atoms with Crippen LogP contribution in [0.2, 0.25) is 0 Å². The molecule has 42 heavy (non-hydrogen) atoms. The number of aromatic amines is 1. The van der Waals surface area contributed by atoms with Crippen molar-refractivity contribution < 1.29 is 14.7 Å². The van der Waals surface area contributed by atoms with E-state index < -0.39 is 12.1 Å². The Kier molecular flexibility index (Phi) is 8.89. The first-order chi connectivity index (χ1) is 20.2. The van der Waals surface area contributed by atoms with Gasteiger partial charge in [-0.3, -0.25) is 9.59 Å². The van der Waals surface area contributed by atoms with Crippen molar-refractivity contribution in [1.29, 1.82) is 0 Å². The molecule has 2 heterocycles. The van der Waals surface area contributed by atoms with Gasteiger partial charge in [-0.25, -0.2) is 4.98 Å². The second-order valence-electron chi connectivity index (χ2n) is 11.4. The fourth-order valence-corrected chi connectivity index (χ4v) is 5.91. The number of hydrogen-bond acceptors (Lipinski definition) is 6. The van der Waals surface area contributed by atoms with Crippen molar-refractivity contribution in [2.45, 2.75) is 70.6 Å². The first-order valence-electron chi connectivity index (χ1n) is 14.6. The molecule has 4 aromatic rings. The van der Waals surface area contributed by atoms with Crippen molar-refractivity contribution in [3.63, 3.8) is 0 Å². The molecule has 3 atom stereocenters. The largest absolute Gasteiger partial charge is 0.508 e. The van der Waals surface area contributed by atoms with E-state index in [1.807, 2.05) is 62.4 Å². The first-order valence-corrected chi connectivity index (χ1v) is 14.6. The number of aromatic hydroxyl groups is 1. The van der Waals surface area contributed by atoms with Crippen molar-refractivity contribution in [2.75, 3.05) is 6.54 Å². The van der Waals surface area contributed by atoms with E-state index in [0.29, 0.717) is 25.9 Å².